The number of hydrogen-bond acceptors (Lipinski definition) is 9. The first-order chi connectivity index (χ1) is 16.9. The minimum Gasteiger partial charge on any atom is -0.486 e. The van der Waals surface area contributed by atoms with Crippen LogP contribution in [0.3, 0.4) is 0 Å². The van der Waals surface area contributed by atoms with Gasteiger partial charge in [0.25, 0.3) is 0 Å². The summed E-state index contributed by atoms with van der Waals surface area (Å²) in [5.74, 6) is 0.859. The number of nitrogens with one attached hydrogen (secondary N) is 1. The van der Waals surface area contributed by atoms with Gasteiger partial charge in [0.05, 0.1) is 4.90 Å². The number of ether oxygens (including phenoxy) is 2. The largest absolute Gasteiger partial charge is 0.486 e. The van der Waals surface area contributed by atoms with Gasteiger partial charge in [0.2, 0.25) is 21.8 Å². The number of anilines is 1. The van der Waals surface area contributed by atoms with Crippen molar-refractivity contribution in [1.29, 1.82) is 0 Å². The van der Waals surface area contributed by atoms with Crippen molar-refractivity contribution < 1.29 is 27.1 Å². The van der Waals surface area contributed by atoms with Crippen LogP contribution in [-0.2, 0) is 14.8 Å². The Morgan fingerprint density at radius 1 is 1.03 bits per heavy atom. The summed E-state index contributed by atoms with van der Waals surface area (Å²) >= 11 is 1.55. The fourth-order valence-corrected chi connectivity index (χ4v) is 5.91. The molecule has 0 atom stereocenters. The van der Waals surface area contributed by atoms with Crippen LogP contribution in [0, 0.1) is 5.92 Å². The second-order valence-corrected chi connectivity index (χ2v) is 10.9. The van der Waals surface area contributed by atoms with Gasteiger partial charge in [0.1, 0.15) is 13.2 Å². The average molecular weight is 517 g/mol. The van der Waals surface area contributed by atoms with Crippen molar-refractivity contribution in [2.75, 3.05) is 37.9 Å². The molecule has 1 saturated heterocycles. The van der Waals surface area contributed by atoms with Crippen molar-refractivity contribution in [2.45, 2.75) is 22.6 Å². The van der Waals surface area contributed by atoms with E-state index < -0.39 is 10.0 Å². The first kappa shape index (κ1) is 23.6. The Morgan fingerprint density at radius 2 is 1.74 bits per heavy atom. The van der Waals surface area contributed by atoms with Crippen LogP contribution in [0.5, 0.6) is 11.5 Å². The Morgan fingerprint density at radius 3 is 2.46 bits per heavy atom. The summed E-state index contributed by atoms with van der Waals surface area (Å²) in [4.78, 5) is 14.0. The lowest BCUT2D eigenvalue weighted by Gasteiger charge is -2.30. The number of carbonyl (C=O) groups is 1. The van der Waals surface area contributed by atoms with E-state index in [4.69, 9.17) is 13.9 Å². The Labute approximate surface area is 207 Å². The molecule has 0 spiro atoms. The molecule has 184 valence electrons. The van der Waals surface area contributed by atoms with E-state index in [1.807, 2.05) is 6.26 Å². The summed E-state index contributed by atoms with van der Waals surface area (Å²) in [7, 11) is -3.60. The molecule has 2 aliphatic rings. The van der Waals surface area contributed by atoms with Gasteiger partial charge in [-0.3, -0.25) is 10.1 Å². The average Bonchev–Trinajstić information content (AvgIpc) is 3.37. The number of amides is 1. The van der Waals surface area contributed by atoms with Crippen molar-refractivity contribution in [1.82, 2.24) is 14.5 Å². The molecule has 2 aromatic carbocycles. The summed E-state index contributed by atoms with van der Waals surface area (Å²) in [6, 6.07) is 12.1. The van der Waals surface area contributed by atoms with Crippen LogP contribution in [0.1, 0.15) is 12.8 Å². The number of hydrogen-bond donors (Lipinski definition) is 1. The highest BCUT2D eigenvalue weighted by atomic mass is 32.2. The summed E-state index contributed by atoms with van der Waals surface area (Å²) in [5.41, 5.74) is 0.645. The van der Waals surface area contributed by atoms with Crippen LogP contribution in [0.4, 0.5) is 6.01 Å². The maximum Gasteiger partial charge on any atom is 0.322 e. The zero-order valence-corrected chi connectivity index (χ0v) is 20.6. The molecule has 1 amide bonds. The van der Waals surface area contributed by atoms with Crippen LogP contribution in [0.2, 0.25) is 0 Å². The number of fused-ring (bicyclic) bond motifs is 1. The molecule has 3 aromatic rings. The standard InChI is InChI=1S/C23H24N4O6S2/c1-34-17-3-5-18(6-4-17)35(29,30)27-10-8-15(9-11-27)21(28)24-23-26-25-22(33-23)16-2-7-19-20(14-16)32-13-12-31-19/h2-7,14-15H,8-13H2,1H3,(H,24,26,28). The molecule has 0 aliphatic carbocycles. The molecule has 10 nitrogen and oxygen atoms in total. The van der Waals surface area contributed by atoms with E-state index in [1.165, 1.54) is 4.31 Å². The van der Waals surface area contributed by atoms with Gasteiger partial charge in [-0.25, -0.2) is 8.42 Å². The second-order valence-electron chi connectivity index (χ2n) is 8.11. The maximum absolute atomic E-state index is 13.0. The van der Waals surface area contributed by atoms with Gasteiger partial charge in [-0.15, -0.1) is 16.9 Å². The lowest BCUT2D eigenvalue weighted by Crippen LogP contribution is -2.41. The van der Waals surface area contributed by atoms with Crippen LogP contribution in [0.25, 0.3) is 11.5 Å². The SMILES string of the molecule is CSc1ccc(S(=O)(=O)N2CCC(C(=O)Nc3nnc(-c4ccc5c(c4)OCCO5)o3)CC2)cc1. The van der Waals surface area contributed by atoms with Gasteiger partial charge >= 0.3 is 6.01 Å². The van der Waals surface area contributed by atoms with Crippen LogP contribution >= 0.6 is 11.8 Å². The molecule has 3 heterocycles. The predicted octanol–water partition coefficient (Wildman–Crippen LogP) is 3.27. The minimum atomic E-state index is -3.60. The third-order valence-electron chi connectivity index (χ3n) is 5.97. The molecule has 2 aliphatic heterocycles. The van der Waals surface area contributed by atoms with Gasteiger partial charge in [0, 0.05) is 29.5 Å². The van der Waals surface area contributed by atoms with Gasteiger partial charge < -0.3 is 13.9 Å². The number of benzene rings is 2. The fraction of sp³-hybridized carbons (Fsp3) is 0.348. The molecule has 1 fully saturated rings. The van der Waals surface area contributed by atoms with Gasteiger partial charge in [-0.1, -0.05) is 5.10 Å². The molecule has 35 heavy (non-hydrogen) atoms. The summed E-state index contributed by atoms with van der Waals surface area (Å²) in [6.45, 7) is 1.49. The van der Waals surface area contributed by atoms with E-state index in [0.717, 1.165) is 4.90 Å². The molecule has 12 heteroatoms. The van der Waals surface area contributed by atoms with Crippen LogP contribution < -0.4 is 14.8 Å². The first-order valence-corrected chi connectivity index (χ1v) is 13.8. The lowest BCUT2D eigenvalue weighted by molar-refractivity contribution is -0.121. The number of rotatable bonds is 6. The van der Waals surface area contributed by atoms with Crippen molar-refractivity contribution >= 4 is 33.7 Å². The molecule has 0 unspecified atom stereocenters. The lowest BCUT2D eigenvalue weighted by atomic mass is 9.97. The highest BCUT2D eigenvalue weighted by molar-refractivity contribution is 7.98. The molecule has 0 saturated carbocycles. The Balaban J connectivity index is 1.19. The number of carbonyl (C=O) groups excluding carboxylic acids is 1. The smallest absolute Gasteiger partial charge is 0.322 e. The van der Waals surface area contributed by atoms with E-state index >= 15 is 0 Å². The highest BCUT2D eigenvalue weighted by Crippen LogP contribution is 2.34. The van der Waals surface area contributed by atoms with Gasteiger partial charge in [-0.2, -0.15) is 4.31 Å². The Hall–Kier alpha value is -3.09. The molecule has 1 aromatic heterocycles. The second kappa shape index (κ2) is 9.88. The Kier molecular flexibility index (Phi) is 6.67. The van der Waals surface area contributed by atoms with Gasteiger partial charge in [-0.05, 0) is 61.6 Å². The molecule has 0 radical (unpaired) electrons. The number of nitrogens with zero attached hydrogens (tertiary/aromatic N) is 3. The molecule has 5 rings (SSSR count). The van der Waals surface area contributed by atoms with Crippen molar-refractivity contribution in [3.8, 4) is 23.0 Å². The van der Waals surface area contributed by atoms with Crippen molar-refractivity contribution in [2.24, 2.45) is 5.92 Å². The maximum atomic E-state index is 13.0. The monoisotopic (exact) mass is 516 g/mol. The van der Waals surface area contributed by atoms with Crippen LogP contribution in [0.15, 0.2) is 56.7 Å². The zero-order chi connectivity index (χ0) is 24.4. The highest BCUT2D eigenvalue weighted by Gasteiger charge is 2.32. The normalized spacial score (nSPS) is 16.7. The number of thioether (sulfide) groups is 1. The summed E-state index contributed by atoms with van der Waals surface area (Å²) in [5, 5.41) is 10.6. The molecular formula is C23H24N4O6S2. The number of aromatic nitrogens is 2. The fourth-order valence-electron chi connectivity index (χ4n) is 4.03. The zero-order valence-electron chi connectivity index (χ0n) is 19.0. The minimum absolute atomic E-state index is 0.0103. The topological polar surface area (TPSA) is 124 Å². The third kappa shape index (κ3) is 5.00. The third-order valence-corrected chi connectivity index (χ3v) is 8.62. The van der Waals surface area contributed by atoms with E-state index in [0.29, 0.717) is 43.1 Å². The molecular weight excluding hydrogens is 492 g/mol. The number of piperidine rings is 1. The number of sulfonamides is 1. The molecule has 0 bridgehead atoms. The van der Waals surface area contributed by atoms with Crippen LogP contribution in [-0.4, -0.2) is 61.4 Å². The van der Waals surface area contributed by atoms with E-state index in [9.17, 15) is 13.2 Å². The first-order valence-electron chi connectivity index (χ1n) is 11.1. The van der Waals surface area contributed by atoms with Crippen molar-refractivity contribution in [3.05, 3.63) is 42.5 Å². The predicted molar refractivity (Wildman–Crippen MR) is 129 cm³/mol. The quantitative estimate of drug-likeness (QED) is 0.492. The van der Waals surface area contributed by atoms with Gasteiger partial charge in [0.15, 0.2) is 11.5 Å². The summed E-state index contributed by atoms with van der Waals surface area (Å²) in [6.07, 6.45) is 2.74. The van der Waals surface area contributed by atoms with E-state index in [1.54, 1.807) is 54.2 Å². The van der Waals surface area contributed by atoms with E-state index in [-0.39, 0.29) is 41.7 Å². The Bertz CT molecular complexity index is 1320. The van der Waals surface area contributed by atoms with E-state index in [2.05, 4.69) is 15.5 Å². The summed E-state index contributed by atoms with van der Waals surface area (Å²) < 4.78 is 44.0. The van der Waals surface area contributed by atoms with Crippen molar-refractivity contribution in [3.63, 3.8) is 0 Å². The molecule has 1 N–H and O–H groups in total.